The molecular formula is C32H35N5O3. The van der Waals surface area contributed by atoms with Crippen LogP contribution in [-0.2, 0) is 21.6 Å². The van der Waals surface area contributed by atoms with Gasteiger partial charge in [0.25, 0.3) is 0 Å². The van der Waals surface area contributed by atoms with E-state index >= 15 is 0 Å². The van der Waals surface area contributed by atoms with Gasteiger partial charge >= 0.3 is 5.97 Å². The average Bonchev–Trinajstić information content (AvgIpc) is 3.43. The van der Waals surface area contributed by atoms with Crippen LogP contribution in [0.25, 0.3) is 6.08 Å². The molecule has 40 heavy (non-hydrogen) atoms. The summed E-state index contributed by atoms with van der Waals surface area (Å²) in [5, 5.41) is 23.3. The molecular weight excluding hydrogens is 502 g/mol. The standard InChI is InChI=1S/C32H35N5O3/c1-2-40-31(39)19-12-21-37-30(33-34-35-37)23-25-24-36(22-20-29(25)38)32(26-13-6-3-7-14-26,27-15-8-4-9-16-27)28-17-10-5-11-18-28/h3-11,13-18,23,29,38H,2,12,19-22,24H2,1H3/b25-23+. The highest BCUT2D eigenvalue weighted by Crippen LogP contribution is 2.44. The van der Waals surface area contributed by atoms with Gasteiger partial charge in [-0.3, -0.25) is 9.69 Å². The molecule has 0 aliphatic carbocycles. The van der Waals surface area contributed by atoms with Crippen molar-refractivity contribution < 1.29 is 14.6 Å². The second-order valence-electron chi connectivity index (χ2n) is 9.92. The quantitative estimate of drug-likeness (QED) is 0.236. The molecule has 1 aliphatic heterocycles. The number of aryl methyl sites for hydroxylation is 1. The van der Waals surface area contributed by atoms with E-state index in [0.29, 0.717) is 51.3 Å². The van der Waals surface area contributed by atoms with E-state index in [9.17, 15) is 9.90 Å². The molecule has 0 spiro atoms. The van der Waals surface area contributed by atoms with Crippen LogP contribution >= 0.6 is 0 Å². The molecule has 1 fully saturated rings. The number of nitrogens with zero attached hydrogens (tertiary/aromatic N) is 5. The molecule has 2 heterocycles. The van der Waals surface area contributed by atoms with Crippen molar-refractivity contribution in [1.82, 2.24) is 25.1 Å². The number of aromatic nitrogens is 4. The molecule has 0 bridgehead atoms. The van der Waals surface area contributed by atoms with Crippen LogP contribution in [0.2, 0.25) is 0 Å². The summed E-state index contributed by atoms with van der Waals surface area (Å²) >= 11 is 0. The van der Waals surface area contributed by atoms with Crippen molar-refractivity contribution in [2.45, 2.75) is 44.4 Å². The van der Waals surface area contributed by atoms with E-state index < -0.39 is 11.6 Å². The van der Waals surface area contributed by atoms with E-state index in [1.807, 2.05) is 24.3 Å². The molecule has 0 amide bonds. The minimum Gasteiger partial charge on any atom is -0.466 e. The van der Waals surface area contributed by atoms with Gasteiger partial charge in [-0.05, 0) is 58.5 Å². The molecule has 1 aromatic heterocycles. The van der Waals surface area contributed by atoms with E-state index in [0.717, 1.165) is 22.3 Å². The number of rotatable bonds is 10. The van der Waals surface area contributed by atoms with Crippen molar-refractivity contribution in [3.8, 4) is 0 Å². The lowest BCUT2D eigenvalue weighted by Gasteiger charge is -2.48. The molecule has 1 saturated heterocycles. The molecule has 1 aliphatic rings. The second kappa shape index (κ2) is 12.8. The van der Waals surface area contributed by atoms with Crippen LogP contribution < -0.4 is 0 Å². The van der Waals surface area contributed by atoms with Crippen molar-refractivity contribution in [3.05, 3.63) is 119 Å². The van der Waals surface area contributed by atoms with E-state index in [-0.39, 0.29) is 5.97 Å². The van der Waals surface area contributed by atoms with E-state index in [2.05, 4.69) is 93.2 Å². The maximum atomic E-state index is 11.8. The zero-order valence-electron chi connectivity index (χ0n) is 22.8. The Labute approximate surface area is 234 Å². The first-order valence-electron chi connectivity index (χ1n) is 13.8. The number of carbonyl (C=O) groups is 1. The van der Waals surface area contributed by atoms with Gasteiger partial charge in [0.1, 0.15) is 0 Å². The number of carbonyl (C=O) groups excluding carboxylic acids is 1. The van der Waals surface area contributed by atoms with Crippen LogP contribution in [0.3, 0.4) is 0 Å². The van der Waals surface area contributed by atoms with Crippen molar-refractivity contribution in [3.63, 3.8) is 0 Å². The van der Waals surface area contributed by atoms with Crippen molar-refractivity contribution in [2.75, 3.05) is 19.7 Å². The smallest absolute Gasteiger partial charge is 0.305 e. The number of likely N-dealkylation sites (tertiary alicyclic amines) is 1. The molecule has 206 valence electrons. The zero-order chi connectivity index (χ0) is 27.8. The maximum absolute atomic E-state index is 11.8. The van der Waals surface area contributed by atoms with Gasteiger partial charge in [0, 0.05) is 26.1 Å². The van der Waals surface area contributed by atoms with E-state index in [1.54, 1.807) is 11.6 Å². The summed E-state index contributed by atoms with van der Waals surface area (Å²) in [7, 11) is 0. The molecule has 5 rings (SSSR count). The summed E-state index contributed by atoms with van der Waals surface area (Å²) in [5.41, 5.74) is 3.75. The Bertz CT molecular complexity index is 1310. The summed E-state index contributed by atoms with van der Waals surface area (Å²) in [5.74, 6) is 0.331. The maximum Gasteiger partial charge on any atom is 0.305 e. The number of piperidine rings is 1. The molecule has 8 nitrogen and oxygen atoms in total. The van der Waals surface area contributed by atoms with Gasteiger partial charge in [-0.1, -0.05) is 91.0 Å². The molecule has 8 heteroatoms. The average molecular weight is 538 g/mol. The van der Waals surface area contributed by atoms with E-state index in [4.69, 9.17) is 4.74 Å². The van der Waals surface area contributed by atoms with Crippen molar-refractivity contribution >= 4 is 12.0 Å². The number of esters is 1. The van der Waals surface area contributed by atoms with Crippen LogP contribution in [0.5, 0.6) is 0 Å². The molecule has 0 saturated carbocycles. The highest BCUT2D eigenvalue weighted by atomic mass is 16.5. The lowest BCUT2D eigenvalue weighted by atomic mass is 9.74. The Hall–Kier alpha value is -4.14. The number of ether oxygens (including phenoxy) is 1. The molecule has 1 atom stereocenters. The fraction of sp³-hybridized carbons (Fsp3) is 0.312. The van der Waals surface area contributed by atoms with Crippen molar-refractivity contribution in [2.24, 2.45) is 0 Å². The van der Waals surface area contributed by atoms with Gasteiger partial charge in [0.15, 0.2) is 5.82 Å². The first-order valence-corrected chi connectivity index (χ1v) is 13.8. The lowest BCUT2D eigenvalue weighted by molar-refractivity contribution is -0.143. The number of hydrogen-bond donors (Lipinski definition) is 1. The summed E-state index contributed by atoms with van der Waals surface area (Å²) in [4.78, 5) is 14.2. The summed E-state index contributed by atoms with van der Waals surface area (Å²) in [6, 6.07) is 31.7. The van der Waals surface area contributed by atoms with Crippen molar-refractivity contribution in [1.29, 1.82) is 0 Å². The van der Waals surface area contributed by atoms with Crippen LogP contribution in [0.1, 0.15) is 48.7 Å². The normalized spacial score (nSPS) is 17.1. The number of benzene rings is 3. The first kappa shape index (κ1) is 27.4. The largest absolute Gasteiger partial charge is 0.466 e. The Morgan fingerprint density at radius 3 is 2.10 bits per heavy atom. The van der Waals surface area contributed by atoms with Crippen LogP contribution in [0.4, 0.5) is 0 Å². The van der Waals surface area contributed by atoms with Gasteiger partial charge in [0.2, 0.25) is 0 Å². The fourth-order valence-corrected chi connectivity index (χ4v) is 5.63. The Balaban J connectivity index is 1.52. The SMILES string of the molecule is CCOC(=O)CCCn1nnnc1/C=C1\CN(C(c2ccccc2)(c2ccccc2)c2ccccc2)CCC1O. The van der Waals surface area contributed by atoms with Crippen LogP contribution in [-0.4, -0.2) is 62.0 Å². The topological polar surface area (TPSA) is 93.4 Å². The second-order valence-corrected chi connectivity index (χ2v) is 9.92. The van der Waals surface area contributed by atoms with Gasteiger partial charge < -0.3 is 9.84 Å². The Morgan fingerprint density at radius 2 is 1.55 bits per heavy atom. The number of aliphatic hydroxyl groups excluding tert-OH is 1. The summed E-state index contributed by atoms with van der Waals surface area (Å²) in [6.45, 7) is 3.86. The molecule has 1 N–H and O–H groups in total. The zero-order valence-corrected chi connectivity index (χ0v) is 22.8. The van der Waals surface area contributed by atoms with Crippen LogP contribution in [0, 0.1) is 0 Å². The minimum atomic E-state index is -0.610. The summed E-state index contributed by atoms with van der Waals surface area (Å²) < 4.78 is 6.71. The third-order valence-electron chi connectivity index (χ3n) is 7.45. The van der Waals surface area contributed by atoms with Gasteiger partial charge in [0.05, 0.1) is 18.2 Å². The Kier molecular flexibility index (Phi) is 8.78. The summed E-state index contributed by atoms with van der Waals surface area (Å²) in [6.07, 6.45) is 2.72. The number of hydrogen-bond acceptors (Lipinski definition) is 7. The van der Waals surface area contributed by atoms with Crippen LogP contribution in [0.15, 0.2) is 96.6 Å². The first-order chi connectivity index (χ1) is 19.6. The van der Waals surface area contributed by atoms with Gasteiger partial charge in [-0.15, -0.1) is 5.10 Å². The lowest BCUT2D eigenvalue weighted by Crippen LogP contribution is -2.52. The number of aliphatic hydroxyl groups is 1. The third-order valence-corrected chi connectivity index (χ3v) is 7.45. The number of tetrazole rings is 1. The molecule has 1 unspecified atom stereocenters. The predicted octanol–water partition coefficient (Wildman–Crippen LogP) is 4.46. The highest BCUT2D eigenvalue weighted by molar-refractivity contribution is 5.69. The molecule has 3 aromatic carbocycles. The fourth-order valence-electron chi connectivity index (χ4n) is 5.63. The van der Waals surface area contributed by atoms with E-state index in [1.165, 1.54) is 0 Å². The van der Waals surface area contributed by atoms with Gasteiger partial charge in [-0.2, -0.15) is 0 Å². The predicted molar refractivity (Wildman–Crippen MR) is 153 cm³/mol. The highest BCUT2D eigenvalue weighted by Gasteiger charge is 2.44. The monoisotopic (exact) mass is 537 g/mol. The Morgan fingerprint density at radius 1 is 0.975 bits per heavy atom. The minimum absolute atomic E-state index is 0.229. The molecule has 0 radical (unpaired) electrons. The third kappa shape index (κ3) is 5.73. The molecule has 4 aromatic rings. The van der Waals surface area contributed by atoms with Gasteiger partial charge in [-0.25, -0.2) is 4.68 Å².